The Balaban J connectivity index is 2.43. The molecule has 1 aromatic carbocycles. The molecule has 0 aromatic heterocycles. The molecule has 0 fully saturated rings. The van der Waals surface area contributed by atoms with Gasteiger partial charge in [-0.05, 0) is 12.1 Å². The largest absolute Gasteiger partial charge is 0.467 e. The molecule has 0 bridgehead atoms. The predicted molar refractivity (Wildman–Crippen MR) is 55.2 cm³/mol. The third-order valence-electron chi connectivity index (χ3n) is 2.32. The molecule has 1 atom stereocenters. The van der Waals surface area contributed by atoms with E-state index >= 15 is 0 Å². The minimum atomic E-state index is -4.76. The molecule has 0 aliphatic carbocycles. The van der Waals surface area contributed by atoms with Crippen LogP contribution < -0.4 is 9.47 Å². The van der Waals surface area contributed by atoms with Crippen molar-refractivity contribution < 1.29 is 31.1 Å². The molecule has 0 N–H and O–H groups in total. The first kappa shape index (κ1) is 13.3. The lowest BCUT2D eigenvalue weighted by molar-refractivity contribution is -0.300. The Morgan fingerprint density at radius 3 is 2.28 bits per heavy atom. The lowest BCUT2D eigenvalue weighted by Gasteiger charge is -2.25. The highest BCUT2D eigenvalue weighted by atomic mass is 35.7. The van der Waals surface area contributed by atoms with Crippen LogP contribution in [0.25, 0.3) is 0 Å². The monoisotopic (exact) mass is 302 g/mol. The molecule has 0 amide bonds. The molecule has 100 valence electrons. The van der Waals surface area contributed by atoms with Crippen molar-refractivity contribution in [2.24, 2.45) is 0 Å². The number of hydrogen-bond donors (Lipinski definition) is 0. The standard InChI is InChI=1S/C9H6ClF3O4S/c1-8(9(11,12)13)16-6-3-2-5(18(10,14)15)4-7(6)17-8/h2-4H,1H3/t8-/m0/s1. The zero-order valence-corrected chi connectivity index (χ0v) is 10.4. The van der Waals surface area contributed by atoms with Gasteiger partial charge in [-0.1, -0.05) is 0 Å². The van der Waals surface area contributed by atoms with Crippen molar-refractivity contribution in [1.82, 2.24) is 0 Å². The van der Waals surface area contributed by atoms with Crippen molar-refractivity contribution in [3.05, 3.63) is 18.2 Å². The second kappa shape index (κ2) is 3.67. The van der Waals surface area contributed by atoms with Crippen LogP contribution >= 0.6 is 10.7 Å². The van der Waals surface area contributed by atoms with Gasteiger partial charge in [0.1, 0.15) is 0 Å². The Hall–Kier alpha value is -1.15. The first-order valence-corrected chi connectivity index (χ1v) is 6.87. The average molecular weight is 303 g/mol. The van der Waals surface area contributed by atoms with E-state index < -0.39 is 21.0 Å². The third-order valence-corrected chi connectivity index (χ3v) is 3.67. The smallest absolute Gasteiger partial charge is 0.441 e. The first-order chi connectivity index (χ1) is 8.03. The van der Waals surface area contributed by atoms with Gasteiger partial charge in [0.2, 0.25) is 0 Å². The molecule has 1 aliphatic heterocycles. The van der Waals surface area contributed by atoms with E-state index in [0.29, 0.717) is 6.92 Å². The van der Waals surface area contributed by atoms with Gasteiger partial charge in [0.25, 0.3) is 9.05 Å². The van der Waals surface area contributed by atoms with E-state index in [0.717, 1.165) is 18.2 Å². The van der Waals surface area contributed by atoms with E-state index in [2.05, 4.69) is 9.47 Å². The van der Waals surface area contributed by atoms with Crippen LogP contribution in [-0.4, -0.2) is 20.4 Å². The Labute approximate surface area is 105 Å². The van der Waals surface area contributed by atoms with Crippen molar-refractivity contribution >= 4 is 19.7 Å². The molecule has 0 unspecified atom stereocenters. The number of rotatable bonds is 1. The molecule has 4 nitrogen and oxygen atoms in total. The number of hydrogen-bond acceptors (Lipinski definition) is 4. The van der Waals surface area contributed by atoms with E-state index in [-0.39, 0.29) is 16.4 Å². The average Bonchev–Trinajstić information content (AvgIpc) is 2.51. The Morgan fingerprint density at radius 1 is 1.22 bits per heavy atom. The molecule has 1 heterocycles. The van der Waals surface area contributed by atoms with Gasteiger partial charge >= 0.3 is 12.0 Å². The first-order valence-electron chi connectivity index (χ1n) is 4.56. The molecular weight excluding hydrogens is 297 g/mol. The van der Waals surface area contributed by atoms with E-state index in [4.69, 9.17) is 10.7 Å². The highest BCUT2D eigenvalue weighted by molar-refractivity contribution is 8.13. The van der Waals surface area contributed by atoms with Gasteiger partial charge in [0.05, 0.1) is 4.90 Å². The van der Waals surface area contributed by atoms with Crippen LogP contribution in [0.5, 0.6) is 11.5 Å². The number of alkyl halides is 3. The topological polar surface area (TPSA) is 52.6 Å². The second-order valence-corrected chi connectivity index (χ2v) is 6.26. The van der Waals surface area contributed by atoms with Crippen molar-refractivity contribution in [3.8, 4) is 11.5 Å². The van der Waals surface area contributed by atoms with Crippen LogP contribution in [0, 0.1) is 0 Å². The lowest BCUT2D eigenvalue weighted by atomic mass is 10.3. The number of ether oxygens (including phenoxy) is 2. The Kier molecular flexibility index (Phi) is 2.71. The molecule has 0 saturated carbocycles. The van der Waals surface area contributed by atoms with Crippen molar-refractivity contribution in [3.63, 3.8) is 0 Å². The zero-order valence-electron chi connectivity index (χ0n) is 8.79. The molecule has 0 radical (unpaired) electrons. The summed E-state index contributed by atoms with van der Waals surface area (Å²) in [5.74, 6) is -3.35. The maximum Gasteiger partial charge on any atom is 0.467 e. The molecule has 1 aromatic rings. The Bertz CT molecular complexity index is 598. The highest BCUT2D eigenvalue weighted by Crippen LogP contribution is 2.47. The van der Waals surface area contributed by atoms with Gasteiger partial charge in [0.15, 0.2) is 11.5 Å². The summed E-state index contributed by atoms with van der Waals surface area (Å²) >= 11 is 0. The van der Waals surface area contributed by atoms with Crippen LogP contribution in [0.1, 0.15) is 6.92 Å². The maximum atomic E-state index is 12.7. The fourth-order valence-electron chi connectivity index (χ4n) is 1.36. The van der Waals surface area contributed by atoms with Crippen molar-refractivity contribution in [2.45, 2.75) is 23.8 Å². The molecule has 9 heteroatoms. The van der Waals surface area contributed by atoms with Gasteiger partial charge in [-0.2, -0.15) is 13.2 Å². The van der Waals surface area contributed by atoms with E-state index in [1.807, 2.05) is 0 Å². The number of halogens is 4. The summed E-state index contributed by atoms with van der Waals surface area (Å²) in [7, 11) is 1.03. The van der Waals surface area contributed by atoms with E-state index in [1.165, 1.54) is 0 Å². The SMILES string of the molecule is C[C@]1(C(F)(F)F)Oc2ccc(S(=O)(=O)Cl)cc2O1. The van der Waals surface area contributed by atoms with Crippen molar-refractivity contribution in [2.75, 3.05) is 0 Å². The molecule has 0 saturated heterocycles. The normalized spacial score (nSPS) is 23.2. The predicted octanol–water partition coefficient (Wildman–Crippen LogP) is 2.66. The second-order valence-electron chi connectivity index (χ2n) is 3.69. The summed E-state index contributed by atoms with van der Waals surface area (Å²) in [6.07, 6.45) is -4.76. The van der Waals surface area contributed by atoms with Gasteiger partial charge in [0, 0.05) is 23.7 Å². The third kappa shape index (κ3) is 2.10. The van der Waals surface area contributed by atoms with Gasteiger partial charge in [-0.3, -0.25) is 0 Å². The fourth-order valence-corrected chi connectivity index (χ4v) is 2.13. The van der Waals surface area contributed by atoms with Gasteiger partial charge < -0.3 is 9.47 Å². The summed E-state index contributed by atoms with van der Waals surface area (Å²) in [4.78, 5) is -0.363. The Morgan fingerprint density at radius 2 is 1.78 bits per heavy atom. The van der Waals surface area contributed by atoms with Crippen molar-refractivity contribution in [1.29, 1.82) is 0 Å². The zero-order chi connectivity index (χ0) is 13.8. The molecule has 2 rings (SSSR count). The summed E-state index contributed by atoms with van der Waals surface area (Å²) in [6.45, 7) is 0.696. The summed E-state index contributed by atoms with van der Waals surface area (Å²) in [5.41, 5.74) is 0. The van der Waals surface area contributed by atoms with E-state index in [9.17, 15) is 21.6 Å². The van der Waals surface area contributed by atoms with Gasteiger partial charge in [-0.25, -0.2) is 8.42 Å². The van der Waals surface area contributed by atoms with Crippen LogP contribution in [-0.2, 0) is 9.05 Å². The van der Waals surface area contributed by atoms with Gasteiger partial charge in [-0.15, -0.1) is 0 Å². The number of benzene rings is 1. The van der Waals surface area contributed by atoms with Crippen LogP contribution in [0.4, 0.5) is 13.2 Å². The molecular formula is C9H6ClF3O4S. The lowest BCUT2D eigenvalue weighted by Crippen LogP contribution is -2.49. The highest BCUT2D eigenvalue weighted by Gasteiger charge is 2.60. The summed E-state index contributed by atoms with van der Waals surface area (Å²) in [5, 5.41) is 0. The van der Waals surface area contributed by atoms with Crippen LogP contribution in [0.2, 0.25) is 0 Å². The minimum absolute atomic E-state index is 0.195. The maximum absolute atomic E-state index is 12.7. The number of fused-ring (bicyclic) bond motifs is 1. The van der Waals surface area contributed by atoms with Crippen LogP contribution in [0.15, 0.2) is 23.1 Å². The van der Waals surface area contributed by atoms with E-state index in [1.54, 1.807) is 0 Å². The fraction of sp³-hybridized carbons (Fsp3) is 0.333. The quantitative estimate of drug-likeness (QED) is 0.748. The molecule has 0 spiro atoms. The summed E-state index contributed by atoms with van der Waals surface area (Å²) in [6, 6.07) is 2.98. The molecule has 18 heavy (non-hydrogen) atoms. The molecule has 1 aliphatic rings. The summed E-state index contributed by atoms with van der Waals surface area (Å²) < 4.78 is 69.3. The minimum Gasteiger partial charge on any atom is -0.441 e. The van der Waals surface area contributed by atoms with Crippen LogP contribution in [0.3, 0.4) is 0 Å².